The molecular weight excluding hydrogens is 258 g/mol. The van der Waals surface area contributed by atoms with E-state index in [-0.39, 0.29) is 12.5 Å². The molecule has 0 saturated carbocycles. The Balaban J connectivity index is 3.44. The maximum atomic E-state index is 11.3. The Hall–Kier alpha value is -0.0900. The molecule has 0 fully saturated rings. The van der Waals surface area contributed by atoms with Crippen molar-refractivity contribution < 1.29 is 9.53 Å². The van der Waals surface area contributed by atoms with Gasteiger partial charge in [-0.2, -0.15) is 0 Å². The first kappa shape index (κ1) is 14.9. The molecule has 0 aliphatic heterocycles. The number of hydrogen-bond acceptors (Lipinski definition) is 2. The Labute approximate surface area is 101 Å². The van der Waals surface area contributed by atoms with Gasteiger partial charge in [0.2, 0.25) is 5.91 Å². The fourth-order valence-electron chi connectivity index (χ4n) is 1.18. The van der Waals surface area contributed by atoms with Crippen LogP contribution in [0.5, 0.6) is 0 Å². The maximum Gasteiger partial charge on any atom is 0.246 e. The van der Waals surface area contributed by atoms with Crippen molar-refractivity contribution in [3.8, 4) is 0 Å². The maximum absolute atomic E-state index is 11.3. The van der Waals surface area contributed by atoms with Gasteiger partial charge in [-0.1, -0.05) is 36.7 Å². The average Bonchev–Trinajstić information content (AvgIpc) is 2.14. The minimum absolute atomic E-state index is 0.0309. The summed E-state index contributed by atoms with van der Waals surface area (Å²) >= 11 is 3.53. The van der Waals surface area contributed by atoms with E-state index < -0.39 is 0 Å². The third-order valence-corrected chi connectivity index (χ3v) is 2.53. The van der Waals surface area contributed by atoms with Crippen molar-refractivity contribution in [2.24, 2.45) is 5.92 Å². The third kappa shape index (κ3) is 10.2. The predicted octanol–water partition coefficient (Wildman–Crippen LogP) is 2.34. The van der Waals surface area contributed by atoms with Gasteiger partial charge < -0.3 is 10.1 Å². The summed E-state index contributed by atoms with van der Waals surface area (Å²) in [5, 5.41) is 2.84. The lowest BCUT2D eigenvalue weighted by Crippen LogP contribution is -2.33. The lowest BCUT2D eigenvalue weighted by Gasteiger charge is -2.13. The highest BCUT2D eigenvalue weighted by Gasteiger charge is 2.08. The quantitative estimate of drug-likeness (QED) is 0.547. The average molecular weight is 280 g/mol. The van der Waals surface area contributed by atoms with Gasteiger partial charge in [-0.05, 0) is 18.8 Å². The molecule has 0 aromatic carbocycles. The second-order valence-electron chi connectivity index (χ2n) is 4.08. The summed E-state index contributed by atoms with van der Waals surface area (Å²) < 4.78 is 5.13. The number of halogens is 1. The van der Waals surface area contributed by atoms with Crippen LogP contribution >= 0.6 is 15.9 Å². The van der Waals surface area contributed by atoms with E-state index in [0.717, 1.165) is 12.8 Å². The van der Waals surface area contributed by atoms with Gasteiger partial charge in [-0.3, -0.25) is 4.79 Å². The van der Waals surface area contributed by atoms with E-state index in [1.807, 2.05) is 6.92 Å². The van der Waals surface area contributed by atoms with Gasteiger partial charge in [0.05, 0.1) is 0 Å². The fraction of sp³-hybridized carbons (Fsp3) is 0.909. The van der Waals surface area contributed by atoms with Crippen molar-refractivity contribution in [2.75, 3.05) is 19.8 Å². The summed E-state index contributed by atoms with van der Waals surface area (Å²) in [5.74, 6) is 0.610. The van der Waals surface area contributed by atoms with E-state index in [1.165, 1.54) is 0 Å². The topological polar surface area (TPSA) is 38.3 Å². The molecule has 15 heavy (non-hydrogen) atoms. The minimum atomic E-state index is -0.0309. The molecule has 90 valence electrons. The van der Waals surface area contributed by atoms with E-state index in [0.29, 0.717) is 23.9 Å². The molecule has 1 unspecified atom stereocenters. The molecule has 0 bridgehead atoms. The highest BCUT2D eigenvalue weighted by atomic mass is 79.9. The van der Waals surface area contributed by atoms with Gasteiger partial charge in [-0.25, -0.2) is 0 Å². The van der Waals surface area contributed by atoms with Gasteiger partial charge in [-0.15, -0.1) is 0 Å². The smallest absolute Gasteiger partial charge is 0.246 e. The molecule has 1 N–H and O–H groups in total. The molecule has 0 aliphatic rings. The van der Waals surface area contributed by atoms with E-state index in [2.05, 4.69) is 35.1 Å². The predicted molar refractivity (Wildman–Crippen MR) is 66.3 cm³/mol. The molecule has 0 aromatic heterocycles. The molecule has 0 rings (SSSR count). The zero-order valence-corrected chi connectivity index (χ0v) is 11.5. The van der Waals surface area contributed by atoms with Crippen LogP contribution in [0.4, 0.5) is 0 Å². The number of rotatable bonds is 8. The third-order valence-electron chi connectivity index (χ3n) is 1.83. The van der Waals surface area contributed by atoms with Crippen LogP contribution in [0, 0.1) is 5.92 Å². The molecule has 3 nitrogen and oxygen atoms in total. The lowest BCUT2D eigenvalue weighted by molar-refractivity contribution is -0.125. The lowest BCUT2D eigenvalue weighted by atomic mass is 10.1. The molecule has 1 atom stereocenters. The highest BCUT2D eigenvalue weighted by molar-refractivity contribution is 9.09. The first-order valence-corrected chi connectivity index (χ1v) is 6.46. The van der Waals surface area contributed by atoms with Crippen LogP contribution in [0.1, 0.15) is 33.6 Å². The summed E-state index contributed by atoms with van der Waals surface area (Å²) in [6, 6.07) is 0. The van der Waals surface area contributed by atoms with Crippen molar-refractivity contribution in [1.82, 2.24) is 5.32 Å². The number of hydrogen-bond donors (Lipinski definition) is 1. The van der Waals surface area contributed by atoms with Gasteiger partial charge in [0.1, 0.15) is 6.61 Å². The standard InChI is InChI=1S/C11H22BrNO2/c1-4-5-15-8-11(14)13-7-10(12)6-9(2)3/h9-10H,4-8H2,1-3H3,(H,13,14). The summed E-state index contributed by atoms with van der Waals surface area (Å²) in [6.07, 6.45) is 2.01. The highest BCUT2D eigenvalue weighted by Crippen LogP contribution is 2.11. The zero-order valence-electron chi connectivity index (χ0n) is 9.88. The molecule has 4 heteroatoms. The molecule has 1 amide bonds. The Morgan fingerprint density at radius 1 is 1.47 bits per heavy atom. The molecule has 0 saturated heterocycles. The number of ether oxygens (including phenoxy) is 1. The monoisotopic (exact) mass is 279 g/mol. The Morgan fingerprint density at radius 3 is 2.67 bits per heavy atom. The van der Waals surface area contributed by atoms with Gasteiger partial charge >= 0.3 is 0 Å². The number of carbonyl (C=O) groups is 1. The van der Waals surface area contributed by atoms with Crippen LogP contribution in [-0.2, 0) is 9.53 Å². The van der Waals surface area contributed by atoms with Crippen LogP contribution < -0.4 is 5.32 Å². The number of alkyl halides is 1. The first-order chi connectivity index (χ1) is 7.06. The van der Waals surface area contributed by atoms with Gasteiger partial charge in [0.15, 0.2) is 0 Å². The normalized spacial score (nSPS) is 12.9. The van der Waals surface area contributed by atoms with Gasteiger partial charge in [0.25, 0.3) is 0 Å². The van der Waals surface area contributed by atoms with E-state index >= 15 is 0 Å². The second kappa shape index (κ2) is 9.16. The van der Waals surface area contributed by atoms with Crippen molar-refractivity contribution in [2.45, 2.75) is 38.4 Å². The largest absolute Gasteiger partial charge is 0.372 e. The van der Waals surface area contributed by atoms with Crippen LogP contribution in [0.3, 0.4) is 0 Å². The Kier molecular flexibility index (Phi) is 9.10. The number of nitrogens with one attached hydrogen (secondary N) is 1. The van der Waals surface area contributed by atoms with Crippen LogP contribution in [0.2, 0.25) is 0 Å². The molecular formula is C11H22BrNO2. The number of amides is 1. The summed E-state index contributed by atoms with van der Waals surface area (Å²) in [6.45, 7) is 7.86. The number of carbonyl (C=O) groups excluding carboxylic acids is 1. The van der Waals surface area contributed by atoms with E-state index in [1.54, 1.807) is 0 Å². The van der Waals surface area contributed by atoms with Gasteiger partial charge in [0, 0.05) is 18.0 Å². The molecule has 0 spiro atoms. The van der Waals surface area contributed by atoms with E-state index in [9.17, 15) is 4.79 Å². The molecule has 0 radical (unpaired) electrons. The summed E-state index contributed by atoms with van der Waals surface area (Å²) in [7, 11) is 0. The fourth-order valence-corrected chi connectivity index (χ4v) is 2.09. The van der Waals surface area contributed by atoms with E-state index in [4.69, 9.17) is 4.74 Å². The van der Waals surface area contributed by atoms with Crippen LogP contribution in [0.15, 0.2) is 0 Å². The van der Waals surface area contributed by atoms with Crippen molar-refractivity contribution in [3.05, 3.63) is 0 Å². The zero-order chi connectivity index (χ0) is 11.7. The first-order valence-electron chi connectivity index (χ1n) is 5.54. The molecule has 0 aromatic rings. The van der Waals surface area contributed by atoms with Crippen molar-refractivity contribution >= 4 is 21.8 Å². The second-order valence-corrected chi connectivity index (χ2v) is 5.38. The summed E-state index contributed by atoms with van der Waals surface area (Å²) in [4.78, 5) is 11.6. The Bertz CT molecular complexity index is 174. The summed E-state index contributed by atoms with van der Waals surface area (Å²) in [5.41, 5.74) is 0. The van der Waals surface area contributed by atoms with Crippen LogP contribution in [0.25, 0.3) is 0 Å². The van der Waals surface area contributed by atoms with Crippen molar-refractivity contribution in [3.63, 3.8) is 0 Å². The molecule has 0 aliphatic carbocycles. The van der Waals surface area contributed by atoms with Crippen LogP contribution in [-0.4, -0.2) is 30.5 Å². The minimum Gasteiger partial charge on any atom is -0.372 e. The molecule has 0 heterocycles. The van der Waals surface area contributed by atoms with Crippen molar-refractivity contribution in [1.29, 1.82) is 0 Å². The Morgan fingerprint density at radius 2 is 2.13 bits per heavy atom. The SMILES string of the molecule is CCCOCC(=O)NCC(Br)CC(C)C.